The summed E-state index contributed by atoms with van der Waals surface area (Å²) in [4.78, 5) is 1.25. The van der Waals surface area contributed by atoms with Crippen molar-refractivity contribution in [1.29, 1.82) is 0 Å². The van der Waals surface area contributed by atoms with Crippen LogP contribution in [0.3, 0.4) is 0 Å². The number of nitrogens with one attached hydrogen (secondary N) is 1. The van der Waals surface area contributed by atoms with E-state index in [0.29, 0.717) is 0 Å². The van der Waals surface area contributed by atoms with Crippen LogP contribution in [0.25, 0.3) is 0 Å². The summed E-state index contributed by atoms with van der Waals surface area (Å²) in [5, 5.41) is 6.24. The van der Waals surface area contributed by atoms with Gasteiger partial charge in [-0.3, -0.25) is 0 Å². The van der Waals surface area contributed by atoms with Crippen molar-refractivity contribution in [3.63, 3.8) is 0 Å². The van der Waals surface area contributed by atoms with Gasteiger partial charge in [-0.2, -0.15) is 0 Å². The van der Waals surface area contributed by atoms with Crippen LogP contribution in [0.15, 0.2) is 35.7 Å². The molecule has 1 aromatic carbocycles. The molecule has 1 unspecified atom stereocenters. The maximum atomic E-state index is 5.90. The van der Waals surface area contributed by atoms with Gasteiger partial charge in [-0.15, -0.1) is 11.3 Å². The van der Waals surface area contributed by atoms with E-state index in [1.54, 1.807) is 18.4 Å². The Morgan fingerprint density at radius 3 is 2.89 bits per heavy atom. The summed E-state index contributed by atoms with van der Waals surface area (Å²) in [6, 6.07) is 10.4. The Bertz CT molecular complexity index is 512. The van der Waals surface area contributed by atoms with Crippen LogP contribution in [0.5, 0.6) is 5.75 Å². The average Bonchev–Trinajstić information content (AvgIpc) is 2.82. The van der Waals surface area contributed by atoms with E-state index in [2.05, 4.69) is 24.4 Å². The van der Waals surface area contributed by atoms with Crippen LogP contribution >= 0.6 is 22.9 Å². The lowest BCUT2D eigenvalue weighted by Gasteiger charge is -2.14. The largest absolute Gasteiger partial charge is 0.497 e. The van der Waals surface area contributed by atoms with Crippen molar-refractivity contribution in [2.45, 2.75) is 19.5 Å². The van der Waals surface area contributed by atoms with E-state index in [1.165, 1.54) is 10.4 Å². The number of hydrogen-bond donors (Lipinski definition) is 1. The minimum absolute atomic E-state index is 0.279. The van der Waals surface area contributed by atoms with Crippen molar-refractivity contribution in [2.24, 2.45) is 0 Å². The maximum Gasteiger partial charge on any atom is 0.119 e. The quantitative estimate of drug-likeness (QED) is 0.884. The number of ether oxygens (including phenoxy) is 1. The second-order valence-electron chi connectivity index (χ2n) is 4.11. The van der Waals surface area contributed by atoms with Crippen molar-refractivity contribution in [2.75, 3.05) is 7.11 Å². The Labute approximate surface area is 117 Å². The van der Waals surface area contributed by atoms with Gasteiger partial charge < -0.3 is 10.1 Å². The third-order valence-corrected chi connectivity index (χ3v) is 4.08. The first-order chi connectivity index (χ1) is 8.69. The predicted molar refractivity (Wildman–Crippen MR) is 77.6 cm³/mol. The normalized spacial score (nSPS) is 12.4. The maximum absolute atomic E-state index is 5.90. The molecular weight excluding hydrogens is 266 g/mol. The molecule has 0 fully saturated rings. The molecule has 0 aliphatic carbocycles. The summed E-state index contributed by atoms with van der Waals surface area (Å²) in [5.74, 6) is 0.889. The first-order valence-corrected chi connectivity index (χ1v) is 7.05. The van der Waals surface area contributed by atoms with E-state index >= 15 is 0 Å². The smallest absolute Gasteiger partial charge is 0.119 e. The van der Waals surface area contributed by atoms with Crippen LogP contribution in [0, 0.1) is 0 Å². The van der Waals surface area contributed by atoms with Crippen LogP contribution in [0.4, 0.5) is 0 Å². The highest BCUT2D eigenvalue weighted by Crippen LogP contribution is 2.22. The van der Waals surface area contributed by atoms with Gasteiger partial charge in [0.1, 0.15) is 5.75 Å². The molecule has 2 rings (SSSR count). The summed E-state index contributed by atoms with van der Waals surface area (Å²) >= 11 is 7.57. The van der Waals surface area contributed by atoms with E-state index in [9.17, 15) is 0 Å². The molecule has 2 nitrogen and oxygen atoms in total. The molecule has 0 bridgehead atoms. The SMILES string of the molecule is COc1cccc(C(C)NCc2cc(Cl)cs2)c1. The molecule has 0 saturated carbocycles. The van der Waals surface area contributed by atoms with Crippen LogP contribution in [-0.4, -0.2) is 7.11 Å². The van der Waals surface area contributed by atoms with Crippen LogP contribution in [-0.2, 0) is 6.54 Å². The Hall–Kier alpha value is -1.03. The van der Waals surface area contributed by atoms with Crippen molar-refractivity contribution in [3.05, 3.63) is 51.2 Å². The Balaban J connectivity index is 1.96. The molecular formula is C14H16ClNOS. The highest BCUT2D eigenvalue weighted by atomic mass is 35.5. The minimum Gasteiger partial charge on any atom is -0.497 e. The van der Waals surface area contributed by atoms with Gasteiger partial charge in [0.2, 0.25) is 0 Å². The molecule has 1 aromatic heterocycles. The highest BCUT2D eigenvalue weighted by Gasteiger charge is 2.06. The first-order valence-electron chi connectivity index (χ1n) is 5.79. The number of methoxy groups -OCH3 is 1. The highest BCUT2D eigenvalue weighted by molar-refractivity contribution is 7.10. The zero-order valence-corrected chi connectivity index (χ0v) is 12.0. The van der Waals surface area contributed by atoms with E-state index < -0.39 is 0 Å². The Kier molecular flexibility index (Phi) is 4.64. The lowest BCUT2D eigenvalue weighted by atomic mass is 10.1. The van der Waals surface area contributed by atoms with Crippen molar-refractivity contribution in [3.8, 4) is 5.75 Å². The van der Waals surface area contributed by atoms with Gasteiger partial charge in [-0.05, 0) is 30.7 Å². The van der Waals surface area contributed by atoms with Crippen LogP contribution < -0.4 is 10.1 Å². The van der Waals surface area contributed by atoms with Crippen molar-refractivity contribution >= 4 is 22.9 Å². The van der Waals surface area contributed by atoms with E-state index in [1.807, 2.05) is 23.6 Å². The summed E-state index contributed by atoms with van der Waals surface area (Å²) in [7, 11) is 1.69. The summed E-state index contributed by atoms with van der Waals surface area (Å²) < 4.78 is 5.23. The molecule has 0 spiro atoms. The van der Waals surface area contributed by atoms with Crippen LogP contribution in [0.2, 0.25) is 5.02 Å². The zero-order valence-electron chi connectivity index (χ0n) is 10.4. The number of halogens is 1. The molecule has 18 heavy (non-hydrogen) atoms. The molecule has 2 aromatic rings. The van der Waals surface area contributed by atoms with Gasteiger partial charge in [0.15, 0.2) is 0 Å². The van der Waals surface area contributed by atoms with Gasteiger partial charge in [0.05, 0.1) is 12.1 Å². The monoisotopic (exact) mass is 281 g/mol. The molecule has 1 N–H and O–H groups in total. The third kappa shape index (κ3) is 3.48. The number of thiophene rings is 1. The van der Waals surface area contributed by atoms with Gasteiger partial charge in [0, 0.05) is 22.8 Å². The number of benzene rings is 1. The van der Waals surface area contributed by atoms with E-state index in [-0.39, 0.29) is 6.04 Å². The molecule has 1 heterocycles. The lowest BCUT2D eigenvalue weighted by Crippen LogP contribution is -2.17. The van der Waals surface area contributed by atoms with Gasteiger partial charge in [-0.1, -0.05) is 23.7 Å². The second-order valence-corrected chi connectivity index (χ2v) is 5.54. The summed E-state index contributed by atoms with van der Waals surface area (Å²) in [6.45, 7) is 2.97. The summed E-state index contributed by atoms with van der Waals surface area (Å²) in [5.41, 5.74) is 1.22. The first kappa shape index (κ1) is 13.4. The topological polar surface area (TPSA) is 21.3 Å². The summed E-state index contributed by atoms with van der Waals surface area (Å²) in [6.07, 6.45) is 0. The van der Waals surface area contributed by atoms with Crippen LogP contribution in [0.1, 0.15) is 23.4 Å². The van der Waals surface area contributed by atoms with Crippen molar-refractivity contribution in [1.82, 2.24) is 5.32 Å². The molecule has 96 valence electrons. The van der Waals surface area contributed by atoms with Gasteiger partial charge in [0.25, 0.3) is 0 Å². The predicted octanol–water partition coefficient (Wildman–Crippen LogP) is 4.26. The number of rotatable bonds is 5. The fraction of sp³-hybridized carbons (Fsp3) is 0.286. The van der Waals surface area contributed by atoms with Gasteiger partial charge in [-0.25, -0.2) is 0 Å². The molecule has 0 aliphatic rings. The molecule has 0 amide bonds. The lowest BCUT2D eigenvalue weighted by molar-refractivity contribution is 0.413. The molecule has 4 heteroatoms. The molecule has 0 saturated heterocycles. The third-order valence-electron chi connectivity index (χ3n) is 2.80. The van der Waals surface area contributed by atoms with E-state index in [0.717, 1.165) is 17.3 Å². The molecule has 0 aliphatic heterocycles. The van der Waals surface area contributed by atoms with E-state index in [4.69, 9.17) is 16.3 Å². The Morgan fingerprint density at radius 1 is 1.39 bits per heavy atom. The Morgan fingerprint density at radius 2 is 2.22 bits per heavy atom. The van der Waals surface area contributed by atoms with Gasteiger partial charge >= 0.3 is 0 Å². The zero-order chi connectivity index (χ0) is 13.0. The standard InChI is InChI=1S/C14H16ClNOS/c1-10(11-4-3-5-13(6-11)17-2)16-8-14-7-12(15)9-18-14/h3-7,9-10,16H,8H2,1-2H3. The second kappa shape index (κ2) is 6.23. The molecule has 0 radical (unpaired) electrons. The fourth-order valence-electron chi connectivity index (χ4n) is 1.73. The number of hydrogen-bond acceptors (Lipinski definition) is 3. The fourth-order valence-corrected chi connectivity index (χ4v) is 2.75. The average molecular weight is 282 g/mol. The minimum atomic E-state index is 0.279. The van der Waals surface area contributed by atoms with Crippen molar-refractivity contribution < 1.29 is 4.74 Å². The molecule has 1 atom stereocenters.